The van der Waals surface area contributed by atoms with E-state index < -0.39 is 0 Å². The summed E-state index contributed by atoms with van der Waals surface area (Å²) in [5, 5.41) is 0.912. The molecule has 2 amide bonds. The normalized spacial score (nSPS) is 17.7. The van der Waals surface area contributed by atoms with Crippen LogP contribution in [0.4, 0.5) is 10.6 Å². The Bertz CT molecular complexity index is 816. The van der Waals surface area contributed by atoms with Crippen LogP contribution in [0.2, 0.25) is 0 Å². The molecule has 0 aromatic carbocycles. The average molecular weight is 371 g/mol. The van der Waals surface area contributed by atoms with Crippen LogP contribution in [0.1, 0.15) is 0 Å². The summed E-state index contributed by atoms with van der Waals surface area (Å²) in [4.78, 5) is 26.8. The molecule has 144 valence electrons. The Kier molecular flexibility index (Phi) is 4.98. The van der Waals surface area contributed by atoms with E-state index >= 15 is 0 Å². The SMILES string of the molecule is CN(C)C(=O)N1CC(COc2nc(N3CCOCC3)cc3ncccc23)C1. The Morgan fingerprint density at radius 2 is 2.11 bits per heavy atom. The van der Waals surface area contributed by atoms with Crippen molar-refractivity contribution in [3.8, 4) is 5.88 Å². The van der Waals surface area contributed by atoms with E-state index in [2.05, 4.69) is 9.88 Å². The van der Waals surface area contributed by atoms with E-state index in [0.717, 1.165) is 42.9 Å². The van der Waals surface area contributed by atoms with Crippen LogP contribution in [0.5, 0.6) is 5.88 Å². The molecule has 0 N–H and O–H groups in total. The van der Waals surface area contributed by atoms with Gasteiger partial charge in [0, 0.05) is 58.5 Å². The number of rotatable bonds is 4. The number of anilines is 1. The highest BCUT2D eigenvalue weighted by atomic mass is 16.5. The fourth-order valence-corrected chi connectivity index (χ4v) is 3.41. The lowest BCUT2D eigenvalue weighted by atomic mass is 10.0. The molecule has 0 radical (unpaired) electrons. The summed E-state index contributed by atoms with van der Waals surface area (Å²) in [5.74, 6) is 1.81. The molecule has 2 fully saturated rings. The zero-order valence-corrected chi connectivity index (χ0v) is 15.8. The number of morpholine rings is 1. The van der Waals surface area contributed by atoms with Crippen molar-refractivity contribution >= 4 is 22.8 Å². The van der Waals surface area contributed by atoms with E-state index in [-0.39, 0.29) is 6.03 Å². The molecule has 27 heavy (non-hydrogen) atoms. The number of urea groups is 1. The van der Waals surface area contributed by atoms with Crippen LogP contribution in [0.15, 0.2) is 24.4 Å². The van der Waals surface area contributed by atoms with Gasteiger partial charge in [0.05, 0.1) is 30.7 Å². The highest BCUT2D eigenvalue weighted by Crippen LogP contribution is 2.28. The molecule has 8 heteroatoms. The maximum absolute atomic E-state index is 11.9. The molecule has 0 bridgehead atoms. The second kappa shape index (κ2) is 7.56. The summed E-state index contributed by atoms with van der Waals surface area (Å²) < 4.78 is 11.5. The van der Waals surface area contributed by atoms with E-state index in [0.29, 0.717) is 31.6 Å². The van der Waals surface area contributed by atoms with Crippen LogP contribution < -0.4 is 9.64 Å². The average Bonchev–Trinajstić information content (AvgIpc) is 2.66. The minimum Gasteiger partial charge on any atom is -0.477 e. The molecule has 0 spiro atoms. The second-order valence-corrected chi connectivity index (χ2v) is 7.21. The van der Waals surface area contributed by atoms with Crippen LogP contribution in [0.25, 0.3) is 10.9 Å². The number of aromatic nitrogens is 2. The van der Waals surface area contributed by atoms with Gasteiger partial charge in [0.25, 0.3) is 0 Å². The molecule has 2 aromatic heterocycles. The molecule has 8 nitrogen and oxygen atoms in total. The minimum atomic E-state index is 0.0494. The Labute approximate surface area is 158 Å². The van der Waals surface area contributed by atoms with Gasteiger partial charge in [-0.3, -0.25) is 4.98 Å². The van der Waals surface area contributed by atoms with Gasteiger partial charge in [-0.2, -0.15) is 4.98 Å². The van der Waals surface area contributed by atoms with Crippen LogP contribution in [0.3, 0.4) is 0 Å². The molecular weight excluding hydrogens is 346 g/mol. The van der Waals surface area contributed by atoms with Crippen LogP contribution >= 0.6 is 0 Å². The number of ether oxygens (including phenoxy) is 2. The molecular formula is C19H25N5O3. The Morgan fingerprint density at radius 3 is 2.85 bits per heavy atom. The highest BCUT2D eigenvalue weighted by Gasteiger charge is 2.32. The third-order valence-corrected chi connectivity index (χ3v) is 4.95. The Morgan fingerprint density at radius 1 is 1.33 bits per heavy atom. The lowest BCUT2D eigenvalue weighted by Gasteiger charge is -2.40. The van der Waals surface area contributed by atoms with Crippen molar-refractivity contribution in [3.05, 3.63) is 24.4 Å². The molecule has 0 aliphatic carbocycles. The largest absolute Gasteiger partial charge is 0.477 e. The molecule has 0 unspecified atom stereocenters. The van der Waals surface area contributed by atoms with Crippen LogP contribution in [0, 0.1) is 5.92 Å². The second-order valence-electron chi connectivity index (χ2n) is 7.21. The summed E-state index contributed by atoms with van der Waals surface area (Å²) in [5.41, 5.74) is 0.877. The Balaban J connectivity index is 1.47. The lowest BCUT2D eigenvalue weighted by molar-refractivity contribution is 0.0721. The number of pyridine rings is 2. The standard InChI is InChI=1S/C19H25N5O3/c1-22(2)19(25)24-11-14(12-24)13-27-18-15-4-3-5-20-16(15)10-17(21-18)23-6-8-26-9-7-23/h3-5,10,14H,6-9,11-13H2,1-2H3. The summed E-state index contributed by atoms with van der Waals surface area (Å²) in [6, 6.07) is 5.94. The summed E-state index contributed by atoms with van der Waals surface area (Å²) in [6.07, 6.45) is 1.78. The molecule has 2 saturated heterocycles. The van der Waals surface area contributed by atoms with Gasteiger partial charge >= 0.3 is 6.03 Å². The summed E-state index contributed by atoms with van der Waals surface area (Å²) in [6.45, 7) is 5.02. The van der Waals surface area contributed by atoms with Gasteiger partial charge < -0.3 is 24.2 Å². The molecule has 4 rings (SSSR count). The quantitative estimate of drug-likeness (QED) is 0.810. The molecule has 0 saturated carbocycles. The summed E-state index contributed by atoms with van der Waals surface area (Å²) in [7, 11) is 3.54. The van der Waals surface area contributed by atoms with Crippen molar-refractivity contribution in [2.24, 2.45) is 5.92 Å². The van der Waals surface area contributed by atoms with Crippen molar-refractivity contribution < 1.29 is 14.3 Å². The number of carbonyl (C=O) groups is 1. The van der Waals surface area contributed by atoms with Gasteiger partial charge in [0.15, 0.2) is 0 Å². The number of amides is 2. The molecule has 2 aliphatic rings. The zero-order chi connectivity index (χ0) is 18.8. The lowest BCUT2D eigenvalue weighted by Crippen LogP contribution is -2.55. The van der Waals surface area contributed by atoms with Gasteiger partial charge in [0.2, 0.25) is 5.88 Å². The number of carbonyl (C=O) groups excluding carboxylic acids is 1. The predicted octanol–water partition coefficient (Wildman–Crippen LogP) is 1.46. The molecule has 2 aliphatic heterocycles. The van der Waals surface area contributed by atoms with E-state index in [9.17, 15) is 4.79 Å². The van der Waals surface area contributed by atoms with E-state index in [1.807, 2.05) is 23.1 Å². The monoisotopic (exact) mass is 371 g/mol. The predicted molar refractivity (Wildman–Crippen MR) is 102 cm³/mol. The molecule has 2 aromatic rings. The minimum absolute atomic E-state index is 0.0494. The van der Waals surface area contributed by atoms with Gasteiger partial charge in [-0.05, 0) is 12.1 Å². The van der Waals surface area contributed by atoms with Crippen molar-refractivity contribution in [2.45, 2.75) is 0 Å². The first-order valence-corrected chi connectivity index (χ1v) is 9.29. The Hall–Kier alpha value is -2.61. The summed E-state index contributed by atoms with van der Waals surface area (Å²) >= 11 is 0. The van der Waals surface area contributed by atoms with Gasteiger partial charge in [0.1, 0.15) is 5.82 Å². The van der Waals surface area contributed by atoms with Crippen molar-refractivity contribution in [3.63, 3.8) is 0 Å². The fraction of sp³-hybridized carbons (Fsp3) is 0.526. The topological polar surface area (TPSA) is 71.0 Å². The maximum Gasteiger partial charge on any atom is 0.319 e. The van der Waals surface area contributed by atoms with E-state index in [4.69, 9.17) is 14.5 Å². The van der Waals surface area contributed by atoms with E-state index in [1.54, 1.807) is 25.2 Å². The molecule has 4 heterocycles. The number of hydrogen-bond acceptors (Lipinski definition) is 6. The maximum atomic E-state index is 11.9. The number of likely N-dealkylation sites (tertiary alicyclic amines) is 1. The first kappa shape index (κ1) is 17.8. The smallest absolute Gasteiger partial charge is 0.319 e. The van der Waals surface area contributed by atoms with Gasteiger partial charge in [-0.25, -0.2) is 4.79 Å². The highest BCUT2D eigenvalue weighted by molar-refractivity contribution is 5.85. The zero-order valence-electron chi connectivity index (χ0n) is 15.8. The van der Waals surface area contributed by atoms with Crippen LogP contribution in [-0.2, 0) is 4.74 Å². The first-order valence-electron chi connectivity index (χ1n) is 9.29. The fourth-order valence-electron chi connectivity index (χ4n) is 3.41. The number of hydrogen-bond donors (Lipinski definition) is 0. The van der Waals surface area contributed by atoms with Gasteiger partial charge in [-0.1, -0.05) is 0 Å². The number of nitrogens with zero attached hydrogens (tertiary/aromatic N) is 5. The first-order chi connectivity index (χ1) is 13.1. The van der Waals surface area contributed by atoms with Gasteiger partial charge in [-0.15, -0.1) is 0 Å². The van der Waals surface area contributed by atoms with Crippen LogP contribution in [-0.4, -0.2) is 85.9 Å². The van der Waals surface area contributed by atoms with Crippen molar-refractivity contribution in [2.75, 3.05) is 65.0 Å². The van der Waals surface area contributed by atoms with E-state index in [1.165, 1.54) is 0 Å². The third kappa shape index (κ3) is 3.75. The van der Waals surface area contributed by atoms with Crippen molar-refractivity contribution in [1.29, 1.82) is 0 Å². The van der Waals surface area contributed by atoms with Crippen molar-refractivity contribution in [1.82, 2.24) is 19.8 Å². The molecule has 0 atom stereocenters. The third-order valence-electron chi connectivity index (χ3n) is 4.95. The number of fused-ring (bicyclic) bond motifs is 1.